The van der Waals surface area contributed by atoms with Crippen molar-refractivity contribution < 1.29 is 4.74 Å². The zero-order chi connectivity index (χ0) is 13.1. The van der Waals surface area contributed by atoms with Gasteiger partial charge in [-0.05, 0) is 19.4 Å². The fourth-order valence-electron chi connectivity index (χ4n) is 1.63. The molecule has 0 aliphatic heterocycles. The Bertz CT molecular complexity index is 533. The predicted octanol–water partition coefficient (Wildman–Crippen LogP) is 2.47. The van der Waals surface area contributed by atoms with Crippen LogP contribution in [-0.2, 0) is 6.42 Å². The molecule has 0 saturated carbocycles. The first-order valence-corrected chi connectivity index (χ1v) is 5.94. The molecule has 2 aromatic heterocycles. The van der Waals surface area contributed by atoms with Gasteiger partial charge in [0.2, 0.25) is 5.88 Å². The summed E-state index contributed by atoms with van der Waals surface area (Å²) >= 11 is 6.12. The Labute approximate surface area is 110 Å². The number of hydrogen-bond donors (Lipinski definition) is 0. The number of halogens is 1. The first kappa shape index (κ1) is 12.7. The first-order chi connectivity index (χ1) is 8.65. The van der Waals surface area contributed by atoms with Crippen LogP contribution in [0, 0.1) is 6.92 Å². The monoisotopic (exact) mass is 264 g/mol. The molecule has 0 spiro atoms. The van der Waals surface area contributed by atoms with Crippen LogP contribution < -0.4 is 4.74 Å². The first-order valence-electron chi connectivity index (χ1n) is 5.56. The molecule has 2 heterocycles. The minimum absolute atomic E-state index is 0.451. The lowest BCUT2D eigenvalue weighted by molar-refractivity contribution is 0.392. The van der Waals surface area contributed by atoms with Crippen molar-refractivity contribution in [3.63, 3.8) is 0 Å². The number of aromatic nitrogens is 4. The lowest BCUT2D eigenvalue weighted by atomic mass is 10.2. The summed E-state index contributed by atoms with van der Waals surface area (Å²) in [5.74, 6) is 0.927. The van der Waals surface area contributed by atoms with Crippen molar-refractivity contribution in [3.8, 4) is 17.4 Å². The predicted molar refractivity (Wildman–Crippen MR) is 68.7 cm³/mol. The third kappa shape index (κ3) is 2.41. The second-order valence-corrected chi connectivity index (χ2v) is 4.07. The van der Waals surface area contributed by atoms with E-state index in [1.54, 1.807) is 12.1 Å². The normalized spacial score (nSPS) is 10.4. The van der Waals surface area contributed by atoms with Crippen molar-refractivity contribution in [2.24, 2.45) is 0 Å². The fourth-order valence-corrected chi connectivity index (χ4v) is 1.98. The van der Waals surface area contributed by atoms with Gasteiger partial charge in [0.05, 0.1) is 7.11 Å². The van der Waals surface area contributed by atoms with Crippen molar-refractivity contribution in [2.45, 2.75) is 20.3 Å². The lowest BCUT2D eigenvalue weighted by Crippen LogP contribution is -2.01. The molecule has 0 radical (unpaired) electrons. The molecule has 94 valence electrons. The van der Waals surface area contributed by atoms with Crippen molar-refractivity contribution in [1.29, 1.82) is 0 Å². The van der Waals surface area contributed by atoms with Crippen LogP contribution in [0.1, 0.15) is 18.2 Å². The van der Waals surface area contributed by atoms with E-state index >= 15 is 0 Å². The highest BCUT2D eigenvalue weighted by atomic mass is 35.5. The molecule has 0 saturated heterocycles. The maximum atomic E-state index is 6.12. The summed E-state index contributed by atoms with van der Waals surface area (Å²) in [6.45, 7) is 3.93. The Kier molecular flexibility index (Phi) is 3.72. The SMILES string of the molecule is CCc1c(C)nc(-c2ccc(OC)nn2)nc1Cl. The van der Waals surface area contributed by atoms with E-state index in [0.717, 1.165) is 17.7 Å². The van der Waals surface area contributed by atoms with E-state index in [1.165, 1.54) is 7.11 Å². The number of methoxy groups -OCH3 is 1. The average Bonchev–Trinajstić information content (AvgIpc) is 2.38. The Hall–Kier alpha value is -1.75. The Morgan fingerprint density at radius 3 is 2.50 bits per heavy atom. The van der Waals surface area contributed by atoms with E-state index in [0.29, 0.717) is 22.6 Å². The molecule has 0 atom stereocenters. The van der Waals surface area contributed by atoms with E-state index in [2.05, 4.69) is 20.2 Å². The van der Waals surface area contributed by atoms with Crippen LogP contribution in [0.5, 0.6) is 5.88 Å². The smallest absolute Gasteiger partial charge is 0.233 e. The summed E-state index contributed by atoms with van der Waals surface area (Å²) < 4.78 is 4.95. The largest absolute Gasteiger partial charge is 0.480 e. The fraction of sp³-hybridized carbons (Fsp3) is 0.333. The third-order valence-corrected chi connectivity index (χ3v) is 2.91. The molecule has 0 aliphatic rings. The summed E-state index contributed by atoms with van der Waals surface area (Å²) in [5, 5.41) is 8.35. The van der Waals surface area contributed by atoms with Crippen molar-refractivity contribution in [1.82, 2.24) is 20.2 Å². The maximum Gasteiger partial charge on any atom is 0.233 e. The van der Waals surface area contributed by atoms with Gasteiger partial charge in [0, 0.05) is 17.3 Å². The molecule has 0 aromatic carbocycles. The molecular weight excluding hydrogens is 252 g/mol. The average molecular weight is 265 g/mol. The standard InChI is InChI=1S/C12H13ClN4O/c1-4-8-7(2)14-12(15-11(8)13)9-5-6-10(18-3)17-16-9/h5-6H,4H2,1-3H3. The van der Waals surface area contributed by atoms with Crippen molar-refractivity contribution in [3.05, 3.63) is 28.5 Å². The Morgan fingerprint density at radius 1 is 1.22 bits per heavy atom. The minimum atomic E-state index is 0.451. The van der Waals surface area contributed by atoms with Gasteiger partial charge in [-0.3, -0.25) is 0 Å². The number of ether oxygens (including phenoxy) is 1. The molecule has 5 nitrogen and oxygen atoms in total. The molecule has 0 aliphatic carbocycles. The Morgan fingerprint density at radius 2 is 2.00 bits per heavy atom. The van der Waals surface area contributed by atoms with E-state index in [4.69, 9.17) is 16.3 Å². The third-order valence-electron chi connectivity index (χ3n) is 2.60. The second-order valence-electron chi connectivity index (χ2n) is 3.72. The van der Waals surface area contributed by atoms with Crippen LogP contribution in [0.25, 0.3) is 11.5 Å². The molecule has 0 bridgehead atoms. The van der Waals surface area contributed by atoms with Crippen LogP contribution in [0.3, 0.4) is 0 Å². The highest BCUT2D eigenvalue weighted by Crippen LogP contribution is 2.21. The maximum absolute atomic E-state index is 6.12. The number of rotatable bonds is 3. The molecule has 18 heavy (non-hydrogen) atoms. The minimum Gasteiger partial charge on any atom is -0.480 e. The molecule has 0 unspecified atom stereocenters. The van der Waals surface area contributed by atoms with Crippen molar-refractivity contribution in [2.75, 3.05) is 7.11 Å². The van der Waals surface area contributed by atoms with E-state index in [9.17, 15) is 0 Å². The van der Waals surface area contributed by atoms with Crippen LogP contribution in [-0.4, -0.2) is 27.3 Å². The van der Waals surface area contributed by atoms with Gasteiger partial charge < -0.3 is 4.74 Å². The molecule has 2 aromatic rings. The molecule has 0 amide bonds. The Balaban J connectivity index is 2.44. The zero-order valence-electron chi connectivity index (χ0n) is 10.4. The summed E-state index contributed by atoms with van der Waals surface area (Å²) in [5.41, 5.74) is 2.40. The number of hydrogen-bond acceptors (Lipinski definition) is 5. The topological polar surface area (TPSA) is 60.8 Å². The van der Waals surface area contributed by atoms with Gasteiger partial charge in [-0.15, -0.1) is 10.2 Å². The quantitative estimate of drug-likeness (QED) is 0.797. The van der Waals surface area contributed by atoms with Crippen LogP contribution >= 0.6 is 11.6 Å². The van der Waals surface area contributed by atoms with Crippen LogP contribution in [0.15, 0.2) is 12.1 Å². The van der Waals surface area contributed by atoms with Gasteiger partial charge >= 0.3 is 0 Å². The van der Waals surface area contributed by atoms with Crippen LogP contribution in [0.4, 0.5) is 0 Å². The van der Waals surface area contributed by atoms with Crippen LogP contribution in [0.2, 0.25) is 5.15 Å². The van der Waals surface area contributed by atoms with Gasteiger partial charge in [0.1, 0.15) is 10.8 Å². The summed E-state index contributed by atoms with van der Waals surface area (Å²) in [7, 11) is 1.54. The summed E-state index contributed by atoms with van der Waals surface area (Å²) in [6.07, 6.45) is 0.805. The molecule has 2 rings (SSSR count). The molecule has 0 fully saturated rings. The zero-order valence-corrected chi connectivity index (χ0v) is 11.2. The van der Waals surface area contributed by atoms with E-state index in [-0.39, 0.29) is 0 Å². The van der Waals surface area contributed by atoms with Gasteiger partial charge in [-0.2, -0.15) is 0 Å². The second kappa shape index (κ2) is 5.27. The number of nitrogens with zero attached hydrogens (tertiary/aromatic N) is 4. The van der Waals surface area contributed by atoms with Gasteiger partial charge in [-0.1, -0.05) is 18.5 Å². The van der Waals surface area contributed by atoms with Gasteiger partial charge in [0.15, 0.2) is 5.82 Å². The summed E-state index contributed by atoms with van der Waals surface area (Å²) in [6, 6.07) is 3.46. The van der Waals surface area contributed by atoms with Gasteiger partial charge in [-0.25, -0.2) is 9.97 Å². The van der Waals surface area contributed by atoms with E-state index in [1.807, 2.05) is 13.8 Å². The molecule has 0 N–H and O–H groups in total. The van der Waals surface area contributed by atoms with Gasteiger partial charge in [0.25, 0.3) is 0 Å². The highest BCUT2D eigenvalue weighted by molar-refractivity contribution is 6.30. The van der Waals surface area contributed by atoms with E-state index < -0.39 is 0 Å². The highest BCUT2D eigenvalue weighted by Gasteiger charge is 2.11. The molecule has 6 heteroatoms. The van der Waals surface area contributed by atoms with Crippen molar-refractivity contribution >= 4 is 11.6 Å². The molecular formula is C12H13ClN4O. The lowest BCUT2D eigenvalue weighted by Gasteiger charge is -2.07. The number of aryl methyl sites for hydroxylation is 1. The summed E-state index contributed by atoms with van der Waals surface area (Å²) in [4.78, 5) is 8.63.